The van der Waals surface area contributed by atoms with Crippen LogP contribution in [0.15, 0.2) is 84.0 Å². The smallest absolute Gasteiger partial charge is 0.416 e. The number of para-hydroxylation sites is 1. The van der Waals surface area contributed by atoms with E-state index in [9.17, 15) is 33.0 Å². The number of aryl methyl sites for hydroxylation is 1. The summed E-state index contributed by atoms with van der Waals surface area (Å²) in [4.78, 5) is 26.0. The molecule has 7 nitrogen and oxygen atoms in total. The van der Waals surface area contributed by atoms with Gasteiger partial charge in [-0.05, 0) is 66.6 Å². The van der Waals surface area contributed by atoms with Gasteiger partial charge in [0.1, 0.15) is 5.75 Å². The van der Waals surface area contributed by atoms with Crippen LogP contribution < -0.4 is 10.3 Å². The molecule has 0 aromatic heterocycles. The van der Waals surface area contributed by atoms with Crippen LogP contribution in [0.4, 0.5) is 30.2 Å². The average Bonchev–Trinajstić information content (AvgIpc) is 3.19. The maximum absolute atomic E-state index is 13.5. The van der Waals surface area contributed by atoms with E-state index >= 15 is 0 Å². The molecule has 11 heteroatoms. The van der Waals surface area contributed by atoms with Crippen molar-refractivity contribution in [2.75, 3.05) is 10.3 Å². The zero-order valence-electron chi connectivity index (χ0n) is 20.6. The number of carboxylic acids is 1. The third-order valence-electron chi connectivity index (χ3n) is 6.39. The van der Waals surface area contributed by atoms with Crippen LogP contribution in [0.2, 0.25) is 5.02 Å². The van der Waals surface area contributed by atoms with E-state index in [2.05, 4.69) is 10.5 Å². The lowest BCUT2D eigenvalue weighted by atomic mass is 10.0. The Morgan fingerprint density at radius 2 is 1.73 bits per heavy atom. The topological polar surface area (TPSA) is 102 Å². The number of halogens is 4. The number of carbonyl (C=O) groups excluding carboxylic acids is 1. The monoisotopic (exact) mass is 565 g/mol. The quantitative estimate of drug-likeness (QED) is 0.175. The van der Waals surface area contributed by atoms with Crippen LogP contribution in [-0.4, -0.2) is 27.8 Å². The van der Waals surface area contributed by atoms with Gasteiger partial charge in [0.25, 0.3) is 5.91 Å². The highest BCUT2D eigenvalue weighted by molar-refractivity contribution is 6.55. The molecule has 0 bridgehead atoms. The second-order valence-electron chi connectivity index (χ2n) is 8.96. The molecule has 40 heavy (non-hydrogen) atoms. The highest BCUT2D eigenvalue weighted by atomic mass is 35.5. The molecule has 0 aliphatic carbocycles. The molecular weight excluding hydrogens is 547 g/mol. The lowest BCUT2D eigenvalue weighted by Gasteiger charge is -2.19. The Balaban J connectivity index is 1.56. The van der Waals surface area contributed by atoms with Gasteiger partial charge in [-0.15, -0.1) is 0 Å². The van der Waals surface area contributed by atoms with E-state index < -0.39 is 23.6 Å². The standard InChI is InChI=1S/C29H19ClF3N3O4/c1-15-8-10-19(14-22(15)30)36-24-13-18(29(31,32)33)9-11-21(24)25(27(36)38)35-34-23-7-3-6-20(26(23)37)16-4-2-5-17(12-16)28(39)40/h2-14,34,37H,1H3,(H,39,40). The van der Waals surface area contributed by atoms with Gasteiger partial charge < -0.3 is 10.2 Å². The Labute approximate surface area is 230 Å². The minimum Gasteiger partial charge on any atom is -0.505 e. The molecule has 0 atom stereocenters. The van der Waals surface area contributed by atoms with Gasteiger partial charge in [-0.2, -0.15) is 18.3 Å². The molecule has 0 spiro atoms. The first-order valence-electron chi connectivity index (χ1n) is 11.8. The number of aromatic hydroxyl groups is 1. The Morgan fingerprint density at radius 3 is 2.42 bits per heavy atom. The van der Waals surface area contributed by atoms with E-state index in [1.807, 2.05) is 0 Å². The van der Waals surface area contributed by atoms with Crippen LogP contribution in [0.25, 0.3) is 11.1 Å². The van der Waals surface area contributed by atoms with Crippen molar-refractivity contribution in [2.45, 2.75) is 13.1 Å². The van der Waals surface area contributed by atoms with E-state index in [1.165, 1.54) is 36.4 Å². The van der Waals surface area contributed by atoms with Crippen LogP contribution >= 0.6 is 11.6 Å². The molecule has 1 heterocycles. The maximum atomic E-state index is 13.5. The zero-order chi connectivity index (χ0) is 28.8. The van der Waals surface area contributed by atoms with E-state index in [0.29, 0.717) is 16.1 Å². The minimum atomic E-state index is -4.64. The van der Waals surface area contributed by atoms with E-state index in [4.69, 9.17) is 11.6 Å². The van der Waals surface area contributed by atoms with Gasteiger partial charge in [0.05, 0.1) is 28.2 Å². The summed E-state index contributed by atoms with van der Waals surface area (Å²) in [5, 5.41) is 24.7. The van der Waals surface area contributed by atoms with Crippen molar-refractivity contribution in [3.05, 3.63) is 106 Å². The molecule has 1 amide bonds. The molecule has 3 N–H and O–H groups in total. The van der Waals surface area contributed by atoms with Crippen molar-refractivity contribution in [1.82, 2.24) is 0 Å². The number of hydrogen-bond acceptors (Lipinski definition) is 5. The summed E-state index contributed by atoms with van der Waals surface area (Å²) in [7, 11) is 0. The molecule has 202 valence electrons. The summed E-state index contributed by atoms with van der Waals surface area (Å²) in [6, 6.07) is 18.2. The molecule has 0 saturated carbocycles. The van der Waals surface area contributed by atoms with Crippen LogP contribution in [0.3, 0.4) is 0 Å². The lowest BCUT2D eigenvalue weighted by molar-refractivity contribution is -0.137. The van der Waals surface area contributed by atoms with Gasteiger partial charge in [-0.25, -0.2) is 4.79 Å². The van der Waals surface area contributed by atoms with Crippen LogP contribution in [0, 0.1) is 6.92 Å². The van der Waals surface area contributed by atoms with E-state index in [-0.39, 0.29) is 39.7 Å². The fourth-order valence-corrected chi connectivity index (χ4v) is 4.49. The minimum absolute atomic E-state index is 0.0243. The molecule has 0 saturated heterocycles. The van der Waals surface area contributed by atoms with Gasteiger partial charge in [-0.3, -0.25) is 15.1 Å². The number of fused-ring (bicyclic) bond motifs is 1. The first kappa shape index (κ1) is 26.8. The summed E-state index contributed by atoms with van der Waals surface area (Å²) >= 11 is 6.24. The number of amides is 1. The number of carbonyl (C=O) groups is 2. The fraction of sp³-hybridized carbons (Fsp3) is 0.0690. The van der Waals surface area contributed by atoms with Crippen LogP contribution in [0.1, 0.15) is 27.0 Å². The SMILES string of the molecule is Cc1ccc(N2C(=O)C(=NNc3cccc(-c4cccc(C(=O)O)c4)c3O)c3ccc(C(F)(F)F)cc32)cc1Cl. The molecule has 1 aliphatic rings. The average molecular weight is 566 g/mol. The zero-order valence-corrected chi connectivity index (χ0v) is 21.4. The second kappa shape index (κ2) is 10.0. The largest absolute Gasteiger partial charge is 0.505 e. The number of carboxylic acid groups (broad SMARTS) is 1. The number of benzene rings is 4. The summed E-state index contributed by atoms with van der Waals surface area (Å²) < 4.78 is 40.6. The fourth-order valence-electron chi connectivity index (χ4n) is 4.31. The van der Waals surface area contributed by atoms with E-state index in [0.717, 1.165) is 22.6 Å². The Bertz CT molecular complexity index is 1720. The Hall–Kier alpha value is -4.83. The molecule has 4 aromatic carbocycles. The van der Waals surface area contributed by atoms with Crippen molar-refractivity contribution >= 4 is 46.3 Å². The number of phenols is 1. The third kappa shape index (κ3) is 4.85. The van der Waals surface area contributed by atoms with Crippen LogP contribution in [0.5, 0.6) is 5.75 Å². The Kier molecular flexibility index (Phi) is 6.72. The summed E-state index contributed by atoms with van der Waals surface area (Å²) in [5.41, 5.74) is 3.46. The molecule has 0 unspecified atom stereocenters. The van der Waals surface area contributed by atoms with Crippen molar-refractivity contribution in [3.63, 3.8) is 0 Å². The normalized spacial score (nSPS) is 14.0. The first-order chi connectivity index (χ1) is 19.0. The summed E-state index contributed by atoms with van der Waals surface area (Å²) in [5.74, 6) is -2.10. The number of anilines is 3. The van der Waals surface area contributed by atoms with Crippen molar-refractivity contribution in [2.24, 2.45) is 5.10 Å². The van der Waals surface area contributed by atoms with Gasteiger partial charge in [0, 0.05) is 16.1 Å². The van der Waals surface area contributed by atoms with Gasteiger partial charge >= 0.3 is 12.1 Å². The van der Waals surface area contributed by atoms with Crippen molar-refractivity contribution in [1.29, 1.82) is 0 Å². The van der Waals surface area contributed by atoms with Crippen molar-refractivity contribution < 1.29 is 33.0 Å². The highest BCUT2D eigenvalue weighted by Crippen LogP contribution is 2.41. The third-order valence-corrected chi connectivity index (χ3v) is 6.79. The summed E-state index contributed by atoms with van der Waals surface area (Å²) in [6.07, 6.45) is -4.64. The number of nitrogens with one attached hydrogen (secondary N) is 1. The van der Waals surface area contributed by atoms with E-state index in [1.54, 1.807) is 37.3 Å². The number of hydrazone groups is 1. The number of alkyl halides is 3. The highest BCUT2D eigenvalue weighted by Gasteiger charge is 2.39. The molecule has 1 aliphatic heterocycles. The van der Waals surface area contributed by atoms with Gasteiger partial charge in [0.15, 0.2) is 5.71 Å². The number of hydrogen-bond donors (Lipinski definition) is 3. The number of aromatic carboxylic acids is 1. The maximum Gasteiger partial charge on any atom is 0.416 e. The molecule has 4 aromatic rings. The molecular formula is C29H19ClF3N3O4. The summed E-state index contributed by atoms with van der Waals surface area (Å²) in [6.45, 7) is 1.75. The lowest BCUT2D eigenvalue weighted by Crippen LogP contribution is -2.26. The molecule has 0 fully saturated rings. The van der Waals surface area contributed by atoms with Gasteiger partial charge in [0.2, 0.25) is 0 Å². The molecule has 0 radical (unpaired) electrons. The Morgan fingerprint density at radius 1 is 0.975 bits per heavy atom. The number of nitrogens with zero attached hydrogens (tertiary/aromatic N) is 2. The second-order valence-corrected chi connectivity index (χ2v) is 9.37. The number of phenolic OH excluding ortho intramolecular Hbond substituents is 1. The predicted octanol–water partition coefficient (Wildman–Crippen LogP) is 7.23. The van der Waals surface area contributed by atoms with Crippen LogP contribution in [-0.2, 0) is 11.0 Å². The van der Waals surface area contributed by atoms with Gasteiger partial charge in [-0.1, -0.05) is 41.9 Å². The van der Waals surface area contributed by atoms with Crippen molar-refractivity contribution in [3.8, 4) is 16.9 Å². The number of rotatable bonds is 5. The first-order valence-corrected chi connectivity index (χ1v) is 12.1. The predicted molar refractivity (Wildman–Crippen MR) is 145 cm³/mol. The molecule has 5 rings (SSSR count).